The van der Waals surface area contributed by atoms with Crippen LogP contribution in [0.3, 0.4) is 0 Å². The van der Waals surface area contributed by atoms with Crippen molar-refractivity contribution in [1.82, 2.24) is 15.1 Å². The highest BCUT2D eigenvalue weighted by atomic mass is 16.5. The molecule has 1 aromatic carbocycles. The Morgan fingerprint density at radius 2 is 1.93 bits per heavy atom. The molecule has 0 amide bonds. The normalized spacial score (nSPS) is 21.2. The van der Waals surface area contributed by atoms with E-state index >= 15 is 0 Å². The second kappa shape index (κ2) is 10.6. The van der Waals surface area contributed by atoms with Gasteiger partial charge in [0.05, 0.1) is 12.8 Å². The number of ether oxygens (including phenoxy) is 1. The molecule has 156 valence electrons. The number of methoxy groups -OCH3 is 1. The van der Waals surface area contributed by atoms with Crippen molar-refractivity contribution in [1.29, 1.82) is 0 Å². The van der Waals surface area contributed by atoms with E-state index < -0.39 is 0 Å². The van der Waals surface area contributed by atoms with E-state index in [0.29, 0.717) is 5.92 Å². The summed E-state index contributed by atoms with van der Waals surface area (Å²) in [5.41, 5.74) is 1.19. The third-order valence-corrected chi connectivity index (χ3v) is 5.75. The van der Waals surface area contributed by atoms with Crippen molar-refractivity contribution in [2.45, 2.75) is 26.7 Å². The largest absolute Gasteiger partial charge is 0.495 e. The van der Waals surface area contributed by atoms with Gasteiger partial charge in [-0.05, 0) is 50.9 Å². The molecule has 0 saturated carbocycles. The SMILES string of the molecule is CCCN1CCC(CN=C(NCC)N2CCN(c3ccccc3OC)CC2)C1. The summed E-state index contributed by atoms with van der Waals surface area (Å²) < 4.78 is 5.54. The first-order chi connectivity index (χ1) is 13.7. The molecule has 1 atom stereocenters. The van der Waals surface area contributed by atoms with Crippen LogP contribution in [0.2, 0.25) is 0 Å². The summed E-state index contributed by atoms with van der Waals surface area (Å²) in [6.45, 7) is 13.9. The van der Waals surface area contributed by atoms with Gasteiger partial charge in [-0.2, -0.15) is 0 Å². The number of piperazine rings is 1. The van der Waals surface area contributed by atoms with Crippen molar-refractivity contribution >= 4 is 11.6 Å². The van der Waals surface area contributed by atoms with Crippen LogP contribution < -0.4 is 15.0 Å². The van der Waals surface area contributed by atoms with Gasteiger partial charge in [0.25, 0.3) is 0 Å². The average Bonchev–Trinajstić information content (AvgIpc) is 3.19. The minimum absolute atomic E-state index is 0.704. The van der Waals surface area contributed by atoms with Crippen molar-refractivity contribution in [2.75, 3.05) is 70.9 Å². The first-order valence-electron chi connectivity index (χ1n) is 10.9. The molecule has 2 fully saturated rings. The van der Waals surface area contributed by atoms with E-state index in [-0.39, 0.29) is 0 Å². The second-order valence-corrected chi connectivity index (χ2v) is 7.80. The molecule has 2 aliphatic rings. The molecule has 2 saturated heterocycles. The van der Waals surface area contributed by atoms with Gasteiger partial charge in [0.2, 0.25) is 0 Å². The van der Waals surface area contributed by atoms with Gasteiger partial charge in [0.15, 0.2) is 5.96 Å². The number of nitrogens with one attached hydrogen (secondary N) is 1. The van der Waals surface area contributed by atoms with Gasteiger partial charge in [-0.25, -0.2) is 0 Å². The summed E-state index contributed by atoms with van der Waals surface area (Å²) in [6.07, 6.45) is 2.53. The molecular formula is C22H37N5O. The van der Waals surface area contributed by atoms with Gasteiger partial charge in [-0.1, -0.05) is 19.1 Å². The minimum Gasteiger partial charge on any atom is -0.495 e. The molecule has 2 heterocycles. The molecule has 2 aliphatic heterocycles. The van der Waals surface area contributed by atoms with Gasteiger partial charge >= 0.3 is 0 Å². The van der Waals surface area contributed by atoms with Crippen LogP contribution in [0, 0.1) is 5.92 Å². The smallest absolute Gasteiger partial charge is 0.194 e. The maximum atomic E-state index is 5.54. The van der Waals surface area contributed by atoms with E-state index in [1.165, 1.54) is 38.2 Å². The summed E-state index contributed by atoms with van der Waals surface area (Å²) in [4.78, 5) is 12.4. The van der Waals surface area contributed by atoms with Crippen LogP contribution in [0.4, 0.5) is 5.69 Å². The van der Waals surface area contributed by atoms with E-state index in [2.05, 4.69) is 46.0 Å². The van der Waals surface area contributed by atoms with E-state index in [9.17, 15) is 0 Å². The number of rotatable bonds is 7. The third kappa shape index (κ3) is 5.31. The Kier molecular flexibility index (Phi) is 7.83. The summed E-state index contributed by atoms with van der Waals surface area (Å²) in [5.74, 6) is 2.74. The fourth-order valence-electron chi connectivity index (χ4n) is 4.27. The van der Waals surface area contributed by atoms with Crippen LogP contribution in [0.25, 0.3) is 0 Å². The maximum absolute atomic E-state index is 5.54. The lowest BCUT2D eigenvalue weighted by Crippen LogP contribution is -2.52. The predicted octanol–water partition coefficient (Wildman–Crippen LogP) is 2.51. The molecule has 0 aliphatic carbocycles. The fraction of sp³-hybridized carbons (Fsp3) is 0.682. The van der Waals surface area contributed by atoms with Crippen molar-refractivity contribution in [2.24, 2.45) is 10.9 Å². The Balaban J connectivity index is 1.55. The minimum atomic E-state index is 0.704. The Labute approximate surface area is 170 Å². The van der Waals surface area contributed by atoms with Crippen molar-refractivity contribution in [3.8, 4) is 5.75 Å². The molecule has 1 aromatic rings. The van der Waals surface area contributed by atoms with Crippen molar-refractivity contribution < 1.29 is 4.74 Å². The van der Waals surface area contributed by atoms with Crippen LogP contribution in [-0.2, 0) is 0 Å². The number of likely N-dealkylation sites (tertiary alicyclic amines) is 1. The van der Waals surface area contributed by atoms with Crippen LogP contribution in [0.15, 0.2) is 29.3 Å². The molecule has 0 aromatic heterocycles. The Bertz CT molecular complexity index is 627. The zero-order valence-corrected chi connectivity index (χ0v) is 17.9. The van der Waals surface area contributed by atoms with Gasteiger partial charge < -0.3 is 24.8 Å². The molecule has 1 unspecified atom stereocenters. The van der Waals surface area contributed by atoms with Crippen LogP contribution in [0.1, 0.15) is 26.7 Å². The maximum Gasteiger partial charge on any atom is 0.194 e. The first kappa shape index (κ1) is 20.8. The standard InChI is InChI=1S/C22H37N5O/c1-4-11-25-12-10-19(18-25)17-24-22(23-5-2)27-15-13-26(14-16-27)20-8-6-7-9-21(20)28-3/h6-9,19H,4-5,10-18H2,1-3H3,(H,23,24). The summed E-state index contributed by atoms with van der Waals surface area (Å²) >= 11 is 0. The zero-order valence-electron chi connectivity index (χ0n) is 17.9. The first-order valence-corrected chi connectivity index (χ1v) is 10.9. The molecule has 0 bridgehead atoms. The van der Waals surface area contributed by atoms with Crippen LogP contribution >= 0.6 is 0 Å². The van der Waals surface area contributed by atoms with Crippen molar-refractivity contribution in [3.05, 3.63) is 24.3 Å². The topological polar surface area (TPSA) is 43.3 Å². The molecule has 3 rings (SSSR count). The zero-order chi connectivity index (χ0) is 19.8. The van der Waals surface area contributed by atoms with E-state index in [1.54, 1.807) is 7.11 Å². The Morgan fingerprint density at radius 1 is 1.14 bits per heavy atom. The lowest BCUT2D eigenvalue weighted by molar-refractivity contribution is 0.325. The summed E-state index contributed by atoms with van der Waals surface area (Å²) in [5, 5.41) is 3.51. The number of para-hydroxylation sites is 2. The number of guanidine groups is 1. The summed E-state index contributed by atoms with van der Waals surface area (Å²) in [6, 6.07) is 8.30. The van der Waals surface area contributed by atoms with Crippen LogP contribution in [0.5, 0.6) is 5.75 Å². The lowest BCUT2D eigenvalue weighted by atomic mass is 10.1. The molecule has 1 N–H and O–H groups in total. The van der Waals surface area contributed by atoms with Crippen molar-refractivity contribution in [3.63, 3.8) is 0 Å². The monoisotopic (exact) mass is 387 g/mol. The number of hydrogen-bond acceptors (Lipinski definition) is 4. The number of benzene rings is 1. The highest BCUT2D eigenvalue weighted by molar-refractivity contribution is 5.80. The fourth-order valence-corrected chi connectivity index (χ4v) is 4.27. The molecule has 28 heavy (non-hydrogen) atoms. The second-order valence-electron chi connectivity index (χ2n) is 7.80. The van der Waals surface area contributed by atoms with Crippen LogP contribution in [-0.4, -0.2) is 81.8 Å². The molecule has 0 radical (unpaired) electrons. The van der Waals surface area contributed by atoms with Gasteiger partial charge in [-0.3, -0.25) is 4.99 Å². The Hall–Kier alpha value is -1.95. The number of anilines is 1. The van der Waals surface area contributed by atoms with Gasteiger partial charge in [0.1, 0.15) is 5.75 Å². The van der Waals surface area contributed by atoms with E-state index in [4.69, 9.17) is 9.73 Å². The number of aliphatic imine (C=N–C) groups is 1. The average molecular weight is 388 g/mol. The van der Waals surface area contributed by atoms with Gasteiger partial charge in [0, 0.05) is 45.8 Å². The van der Waals surface area contributed by atoms with Gasteiger partial charge in [-0.15, -0.1) is 0 Å². The third-order valence-electron chi connectivity index (χ3n) is 5.75. The van der Waals surface area contributed by atoms with E-state index in [0.717, 1.165) is 51.0 Å². The molecule has 0 spiro atoms. The number of hydrogen-bond donors (Lipinski definition) is 1. The van der Waals surface area contributed by atoms with E-state index in [1.807, 2.05) is 12.1 Å². The summed E-state index contributed by atoms with van der Waals surface area (Å²) in [7, 11) is 1.75. The quantitative estimate of drug-likeness (QED) is 0.575. The molecular weight excluding hydrogens is 350 g/mol. The highest BCUT2D eigenvalue weighted by Crippen LogP contribution is 2.28. The molecule has 6 nitrogen and oxygen atoms in total. The number of nitrogens with zero attached hydrogens (tertiary/aromatic N) is 4. The lowest BCUT2D eigenvalue weighted by Gasteiger charge is -2.38. The highest BCUT2D eigenvalue weighted by Gasteiger charge is 2.24. The Morgan fingerprint density at radius 3 is 2.64 bits per heavy atom. The predicted molar refractivity (Wildman–Crippen MR) is 118 cm³/mol. The molecule has 6 heteroatoms.